The van der Waals surface area contributed by atoms with Crippen molar-refractivity contribution in [3.8, 4) is 5.75 Å². The van der Waals surface area contributed by atoms with Crippen LogP contribution < -0.4 is 10.5 Å². The Morgan fingerprint density at radius 1 is 1.31 bits per heavy atom. The Morgan fingerprint density at radius 2 is 1.94 bits per heavy atom. The molecule has 0 spiro atoms. The molecule has 0 unspecified atom stereocenters. The van der Waals surface area contributed by atoms with Crippen molar-refractivity contribution >= 4 is 18.4 Å². The summed E-state index contributed by atoms with van der Waals surface area (Å²) < 4.78 is 9.86. The van der Waals surface area contributed by atoms with E-state index >= 15 is 0 Å². The normalized spacial score (nSPS) is 9.12. The number of carbonyl (C=O) groups excluding carboxylic acids is 1. The first-order valence-electron chi connectivity index (χ1n) is 4.75. The molecule has 5 heteroatoms. The summed E-state index contributed by atoms with van der Waals surface area (Å²) in [6.07, 6.45) is 0.285. The van der Waals surface area contributed by atoms with Crippen LogP contribution in [0.1, 0.15) is 5.56 Å². The number of benzene rings is 1. The third-order valence-electron chi connectivity index (χ3n) is 1.89. The van der Waals surface area contributed by atoms with Crippen molar-refractivity contribution in [2.75, 3.05) is 20.3 Å². The molecule has 0 aliphatic heterocycles. The van der Waals surface area contributed by atoms with Gasteiger partial charge in [-0.1, -0.05) is 12.1 Å². The molecule has 0 atom stereocenters. The van der Waals surface area contributed by atoms with Crippen molar-refractivity contribution in [2.24, 2.45) is 5.73 Å². The van der Waals surface area contributed by atoms with E-state index in [0.717, 1.165) is 11.3 Å². The van der Waals surface area contributed by atoms with Gasteiger partial charge in [0, 0.05) is 6.54 Å². The molecule has 4 nitrogen and oxygen atoms in total. The number of nitrogens with two attached hydrogens (primary N) is 1. The predicted octanol–water partition coefficient (Wildman–Crippen LogP) is 1.16. The molecule has 1 rings (SSSR count). The smallest absolute Gasteiger partial charge is 0.309 e. The minimum atomic E-state index is -0.245. The monoisotopic (exact) mass is 245 g/mol. The fraction of sp³-hybridized carbons (Fsp3) is 0.364. The second-order valence-corrected chi connectivity index (χ2v) is 3.03. The first kappa shape index (κ1) is 14.7. The van der Waals surface area contributed by atoms with Crippen LogP contribution in [-0.2, 0) is 16.0 Å². The van der Waals surface area contributed by atoms with Gasteiger partial charge < -0.3 is 15.2 Å². The third-order valence-corrected chi connectivity index (χ3v) is 1.89. The minimum absolute atomic E-state index is 0. The van der Waals surface area contributed by atoms with Gasteiger partial charge in [-0.2, -0.15) is 0 Å². The predicted molar refractivity (Wildman–Crippen MR) is 64.0 cm³/mol. The quantitative estimate of drug-likeness (QED) is 0.791. The summed E-state index contributed by atoms with van der Waals surface area (Å²) in [4.78, 5) is 11.0. The molecule has 0 aliphatic rings. The molecule has 1 aromatic carbocycles. The standard InChI is InChI=1S/C11H15NO3.ClH/c1-14-11(13)8-9-2-4-10(5-3-9)15-7-6-12;/h2-5H,6-8,12H2,1H3;1H. The average Bonchev–Trinajstić information content (AvgIpc) is 2.28. The van der Waals surface area contributed by atoms with Crippen LogP contribution in [0, 0.1) is 0 Å². The van der Waals surface area contributed by atoms with E-state index in [2.05, 4.69) is 4.74 Å². The van der Waals surface area contributed by atoms with Gasteiger partial charge in [0.1, 0.15) is 12.4 Å². The molecule has 0 aromatic heterocycles. The van der Waals surface area contributed by atoms with Crippen LogP contribution in [0.2, 0.25) is 0 Å². The Hall–Kier alpha value is -1.26. The number of carbonyl (C=O) groups is 1. The zero-order valence-electron chi connectivity index (χ0n) is 9.14. The summed E-state index contributed by atoms with van der Waals surface area (Å²) in [6.45, 7) is 0.986. The van der Waals surface area contributed by atoms with Crippen molar-refractivity contribution in [3.63, 3.8) is 0 Å². The SMILES string of the molecule is COC(=O)Cc1ccc(OCCN)cc1.Cl. The van der Waals surface area contributed by atoms with E-state index in [1.165, 1.54) is 7.11 Å². The Bertz CT molecular complexity index is 314. The van der Waals surface area contributed by atoms with Crippen molar-refractivity contribution in [1.82, 2.24) is 0 Å². The number of hydrogen-bond acceptors (Lipinski definition) is 4. The third kappa shape index (κ3) is 5.00. The maximum atomic E-state index is 11.0. The van der Waals surface area contributed by atoms with Gasteiger partial charge in [-0.05, 0) is 17.7 Å². The lowest BCUT2D eigenvalue weighted by Crippen LogP contribution is -2.10. The van der Waals surface area contributed by atoms with Crippen LogP contribution >= 0.6 is 12.4 Å². The summed E-state index contributed by atoms with van der Waals surface area (Å²) in [5, 5.41) is 0. The van der Waals surface area contributed by atoms with E-state index in [1.54, 1.807) is 0 Å². The molecule has 0 aliphatic carbocycles. The molecule has 0 amide bonds. The lowest BCUT2D eigenvalue weighted by Gasteiger charge is -2.05. The molecule has 16 heavy (non-hydrogen) atoms. The fourth-order valence-electron chi connectivity index (χ4n) is 1.12. The molecule has 0 fully saturated rings. The molecule has 1 aromatic rings. The minimum Gasteiger partial charge on any atom is -0.492 e. The highest BCUT2D eigenvalue weighted by Crippen LogP contribution is 2.12. The number of ether oxygens (including phenoxy) is 2. The zero-order valence-corrected chi connectivity index (χ0v) is 9.96. The van der Waals surface area contributed by atoms with Crippen molar-refractivity contribution in [3.05, 3.63) is 29.8 Å². The lowest BCUT2D eigenvalue weighted by molar-refractivity contribution is -0.139. The van der Waals surface area contributed by atoms with E-state index < -0.39 is 0 Å². The molecule has 0 radical (unpaired) electrons. The van der Waals surface area contributed by atoms with Crippen molar-refractivity contribution in [1.29, 1.82) is 0 Å². The second kappa shape index (κ2) is 7.96. The number of rotatable bonds is 5. The molecule has 90 valence electrons. The molecule has 0 bridgehead atoms. The van der Waals surface area contributed by atoms with Crippen molar-refractivity contribution in [2.45, 2.75) is 6.42 Å². The summed E-state index contributed by atoms with van der Waals surface area (Å²) in [7, 11) is 1.38. The van der Waals surface area contributed by atoms with Crippen LogP contribution in [0.25, 0.3) is 0 Å². The highest BCUT2D eigenvalue weighted by molar-refractivity contribution is 5.85. The van der Waals surface area contributed by atoms with Gasteiger partial charge in [-0.15, -0.1) is 12.4 Å². The maximum Gasteiger partial charge on any atom is 0.309 e. The van der Waals surface area contributed by atoms with Crippen LogP contribution in [0.4, 0.5) is 0 Å². The number of esters is 1. The fourth-order valence-corrected chi connectivity index (χ4v) is 1.12. The summed E-state index contributed by atoms with van der Waals surface area (Å²) in [5.74, 6) is 0.514. The van der Waals surface area contributed by atoms with E-state index in [4.69, 9.17) is 10.5 Å². The van der Waals surface area contributed by atoms with E-state index in [0.29, 0.717) is 13.2 Å². The van der Waals surface area contributed by atoms with E-state index in [9.17, 15) is 4.79 Å². The average molecular weight is 246 g/mol. The Morgan fingerprint density at radius 3 is 2.44 bits per heavy atom. The van der Waals surface area contributed by atoms with Gasteiger partial charge in [0.2, 0.25) is 0 Å². The number of halogens is 1. The van der Waals surface area contributed by atoms with Crippen LogP contribution in [0.15, 0.2) is 24.3 Å². The molecule has 0 saturated carbocycles. The van der Waals surface area contributed by atoms with Crippen LogP contribution in [0.5, 0.6) is 5.75 Å². The van der Waals surface area contributed by atoms with Crippen LogP contribution in [0.3, 0.4) is 0 Å². The Labute approximate surface area is 101 Å². The summed E-state index contributed by atoms with van der Waals surface area (Å²) in [5.41, 5.74) is 6.21. The molecular formula is C11H16ClNO3. The topological polar surface area (TPSA) is 61.5 Å². The number of hydrogen-bond donors (Lipinski definition) is 1. The van der Waals surface area contributed by atoms with Gasteiger partial charge in [0.25, 0.3) is 0 Å². The lowest BCUT2D eigenvalue weighted by atomic mass is 10.1. The zero-order chi connectivity index (χ0) is 11.1. The largest absolute Gasteiger partial charge is 0.492 e. The van der Waals surface area contributed by atoms with E-state index in [-0.39, 0.29) is 24.8 Å². The first-order valence-corrected chi connectivity index (χ1v) is 4.75. The maximum absolute atomic E-state index is 11.0. The molecule has 2 N–H and O–H groups in total. The Kier molecular flexibility index (Phi) is 7.33. The summed E-state index contributed by atoms with van der Waals surface area (Å²) in [6, 6.07) is 7.30. The van der Waals surface area contributed by atoms with Gasteiger partial charge in [0.15, 0.2) is 0 Å². The first-order chi connectivity index (χ1) is 7.26. The number of methoxy groups -OCH3 is 1. The van der Waals surface area contributed by atoms with Gasteiger partial charge in [-0.25, -0.2) is 0 Å². The second-order valence-electron chi connectivity index (χ2n) is 3.03. The van der Waals surface area contributed by atoms with E-state index in [1.807, 2.05) is 24.3 Å². The van der Waals surface area contributed by atoms with Crippen LogP contribution in [-0.4, -0.2) is 26.2 Å². The van der Waals surface area contributed by atoms with Crippen molar-refractivity contribution < 1.29 is 14.3 Å². The molecule has 0 saturated heterocycles. The van der Waals surface area contributed by atoms with Gasteiger partial charge in [0.05, 0.1) is 13.5 Å². The highest BCUT2D eigenvalue weighted by atomic mass is 35.5. The van der Waals surface area contributed by atoms with Gasteiger partial charge in [-0.3, -0.25) is 4.79 Å². The molecular weight excluding hydrogens is 230 g/mol. The van der Waals surface area contributed by atoms with Gasteiger partial charge >= 0.3 is 5.97 Å². The Balaban J connectivity index is 0.00000225. The molecule has 0 heterocycles. The highest BCUT2D eigenvalue weighted by Gasteiger charge is 2.02. The summed E-state index contributed by atoms with van der Waals surface area (Å²) >= 11 is 0.